The summed E-state index contributed by atoms with van der Waals surface area (Å²) < 4.78 is 0. The van der Waals surface area contributed by atoms with Gasteiger partial charge in [-0.25, -0.2) is 0 Å². The van der Waals surface area contributed by atoms with Gasteiger partial charge in [0, 0.05) is 13.1 Å². The van der Waals surface area contributed by atoms with Gasteiger partial charge >= 0.3 is 0 Å². The van der Waals surface area contributed by atoms with Gasteiger partial charge in [0.25, 0.3) is 0 Å². The second kappa shape index (κ2) is 6.73. The molecule has 1 aliphatic rings. The summed E-state index contributed by atoms with van der Waals surface area (Å²) in [5.74, 6) is 0.611. The Hall–Kier alpha value is -0.860. The molecule has 2 nitrogen and oxygen atoms in total. The molecule has 0 aromatic heterocycles. The number of benzene rings is 1. The Morgan fingerprint density at radius 2 is 1.90 bits per heavy atom. The predicted octanol–water partition coefficient (Wildman–Crippen LogP) is 3.45. The monoisotopic (exact) mass is 274 g/mol. The van der Waals surface area contributed by atoms with Crippen molar-refractivity contribution in [2.75, 3.05) is 19.6 Å². The van der Waals surface area contributed by atoms with Gasteiger partial charge in [0.05, 0.1) is 0 Å². The standard InChI is InChI=1S/C18H30N2/c1-18(2,3)11-15(12-19)13-20-10-6-9-16-7-4-5-8-17(16)14-20/h4-5,7-8,15H,6,9-14,19H2,1-3H3. The molecule has 1 aromatic carbocycles. The maximum atomic E-state index is 6.00. The normalized spacial score (nSPS) is 18.4. The average molecular weight is 274 g/mol. The van der Waals surface area contributed by atoms with E-state index in [1.165, 1.54) is 36.9 Å². The van der Waals surface area contributed by atoms with Crippen LogP contribution in [0.5, 0.6) is 0 Å². The number of hydrogen-bond donors (Lipinski definition) is 1. The molecule has 0 fully saturated rings. The average Bonchev–Trinajstić information content (AvgIpc) is 2.57. The van der Waals surface area contributed by atoms with Crippen molar-refractivity contribution in [3.8, 4) is 0 Å². The number of fused-ring (bicyclic) bond motifs is 1. The highest BCUT2D eigenvalue weighted by Crippen LogP contribution is 2.26. The smallest absolute Gasteiger partial charge is 0.0236 e. The van der Waals surface area contributed by atoms with E-state index in [1.54, 1.807) is 0 Å². The van der Waals surface area contributed by atoms with Crippen LogP contribution in [-0.2, 0) is 13.0 Å². The van der Waals surface area contributed by atoms with E-state index in [-0.39, 0.29) is 0 Å². The van der Waals surface area contributed by atoms with Crippen molar-refractivity contribution in [1.82, 2.24) is 4.90 Å². The lowest BCUT2D eigenvalue weighted by atomic mass is 9.84. The third-order valence-corrected chi connectivity index (χ3v) is 4.18. The molecule has 0 radical (unpaired) electrons. The van der Waals surface area contributed by atoms with Gasteiger partial charge in [-0.3, -0.25) is 4.90 Å². The van der Waals surface area contributed by atoms with Gasteiger partial charge in [-0.15, -0.1) is 0 Å². The highest BCUT2D eigenvalue weighted by Gasteiger charge is 2.21. The third-order valence-electron chi connectivity index (χ3n) is 4.18. The Labute approximate surface area is 124 Å². The molecule has 1 aromatic rings. The number of hydrogen-bond acceptors (Lipinski definition) is 2. The summed E-state index contributed by atoms with van der Waals surface area (Å²) >= 11 is 0. The molecule has 1 atom stereocenters. The minimum atomic E-state index is 0.369. The summed E-state index contributed by atoms with van der Waals surface area (Å²) in [5, 5.41) is 0. The highest BCUT2D eigenvalue weighted by atomic mass is 15.1. The van der Waals surface area contributed by atoms with Crippen LogP contribution in [0.3, 0.4) is 0 Å². The fourth-order valence-electron chi connectivity index (χ4n) is 3.38. The molecule has 1 heterocycles. The van der Waals surface area contributed by atoms with Crippen LogP contribution < -0.4 is 5.73 Å². The van der Waals surface area contributed by atoms with Crippen molar-refractivity contribution in [2.45, 2.75) is 46.6 Å². The molecule has 0 saturated carbocycles. The maximum Gasteiger partial charge on any atom is 0.0236 e. The molecule has 2 heteroatoms. The predicted molar refractivity (Wildman–Crippen MR) is 86.7 cm³/mol. The summed E-state index contributed by atoms with van der Waals surface area (Å²) in [6.45, 7) is 11.2. The zero-order valence-electron chi connectivity index (χ0n) is 13.4. The van der Waals surface area contributed by atoms with Crippen LogP contribution in [0.2, 0.25) is 0 Å². The summed E-state index contributed by atoms with van der Waals surface area (Å²) in [7, 11) is 0. The van der Waals surface area contributed by atoms with Crippen molar-refractivity contribution in [3.63, 3.8) is 0 Å². The van der Waals surface area contributed by atoms with Gasteiger partial charge in [0.15, 0.2) is 0 Å². The molecular formula is C18H30N2. The number of aryl methyl sites for hydroxylation is 1. The Kier molecular flexibility index (Phi) is 5.22. The van der Waals surface area contributed by atoms with Crippen LogP contribution >= 0.6 is 0 Å². The second-order valence-electron chi connectivity index (χ2n) is 7.47. The Morgan fingerprint density at radius 3 is 2.55 bits per heavy atom. The van der Waals surface area contributed by atoms with Crippen LogP contribution in [-0.4, -0.2) is 24.5 Å². The quantitative estimate of drug-likeness (QED) is 0.911. The molecule has 1 unspecified atom stereocenters. The first kappa shape index (κ1) is 15.5. The number of nitrogens with zero attached hydrogens (tertiary/aromatic N) is 1. The first-order chi connectivity index (χ1) is 9.48. The van der Waals surface area contributed by atoms with Crippen molar-refractivity contribution < 1.29 is 0 Å². The molecule has 0 aliphatic carbocycles. The summed E-state index contributed by atoms with van der Waals surface area (Å²) in [6, 6.07) is 8.90. The van der Waals surface area contributed by atoms with Crippen LogP contribution in [0.4, 0.5) is 0 Å². The number of nitrogens with two attached hydrogens (primary N) is 1. The van der Waals surface area contributed by atoms with Gasteiger partial charge in [0.2, 0.25) is 0 Å². The zero-order valence-corrected chi connectivity index (χ0v) is 13.4. The van der Waals surface area contributed by atoms with Crippen LogP contribution in [0.25, 0.3) is 0 Å². The largest absolute Gasteiger partial charge is 0.330 e. The summed E-state index contributed by atoms with van der Waals surface area (Å²) in [6.07, 6.45) is 3.70. The van der Waals surface area contributed by atoms with Crippen LogP contribution in [0.15, 0.2) is 24.3 Å². The molecule has 0 saturated heterocycles. The zero-order chi connectivity index (χ0) is 14.6. The molecule has 1 aliphatic heterocycles. The molecule has 20 heavy (non-hydrogen) atoms. The van der Waals surface area contributed by atoms with E-state index in [9.17, 15) is 0 Å². The molecule has 2 N–H and O–H groups in total. The maximum absolute atomic E-state index is 6.00. The summed E-state index contributed by atoms with van der Waals surface area (Å²) in [4.78, 5) is 2.61. The molecule has 0 bridgehead atoms. The van der Waals surface area contributed by atoms with Gasteiger partial charge in [-0.05, 0) is 54.8 Å². The van der Waals surface area contributed by atoms with E-state index in [0.29, 0.717) is 11.3 Å². The molecule has 0 spiro atoms. The molecule has 0 amide bonds. The molecule has 112 valence electrons. The lowest BCUT2D eigenvalue weighted by molar-refractivity contribution is 0.190. The van der Waals surface area contributed by atoms with Crippen molar-refractivity contribution in [3.05, 3.63) is 35.4 Å². The van der Waals surface area contributed by atoms with Crippen molar-refractivity contribution in [1.29, 1.82) is 0 Å². The SMILES string of the molecule is CC(C)(C)CC(CN)CN1CCCc2ccccc2C1. The van der Waals surface area contributed by atoms with Gasteiger partial charge in [0.1, 0.15) is 0 Å². The van der Waals surface area contributed by atoms with E-state index >= 15 is 0 Å². The van der Waals surface area contributed by atoms with Crippen molar-refractivity contribution in [2.24, 2.45) is 17.1 Å². The highest BCUT2D eigenvalue weighted by molar-refractivity contribution is 5.28. The first-order valence-corrected chi connectivity index (χ1v) is 7.97. The fraction of sp³-hybridized carbons (Fsp3) is 0.667. The van der Waals surface area contributed by atoms with Crippen LogP contribution in [0, 0.1) is 11.3 Å². The summed E-state index contributed by atoms with van der Waals surface area (Å²) in [5.41, 5.74) is 9.42. The second-order valence-corrected chi connectivity index (χ2v) is 7.47. The lowest BCUT2D eigenvalue weighted by Gasteiger charge is -2.30. The van der Waals surface area contributed by atoms with E-state index < -0.39 is 0 Å². The first-order valence-electron chi connectivity index (χ1n) is 7.97. The lowest BCUT2D eigenvalue weighted by Crippen LogP contribution is -2.34. The minimum absolute atomic E-state index is 0.369. The van der Waals surface area contributed by atoms with E-state index in [4.69, 9.17) is 5.73 Å². The topological polar surface area (TPSA) is 29.3 Å². The van der Waals surface area contributed by atoms with Gasteiger partial charge in [-0.2, -0.15) is 0 Å². The molecule has 2 rings (SSSR count). The van der Waals surface area contributed by atoms with Crippen LogP contribution in [0.1, 0.15) is 44.7 Å². The minimum Gasteiger partial charge on any atom is -0.330 e. The van der Waals surface area contributed by atoms with Gasteiger partial charge < -0.3 is 5.73 Å². The van der Waals surface area contributed by atoms with Crippen molar-refractivity contribution >= 4 is 0 Å². The Bertz CT molecular complexity index is 420. The Balaban J connectivity index is 1.99. The van der Waals surface area contributed by atoms with Gasteiger partial charge in [-0.1, -0.05) is 45.0 Å². The third kappa shape index (κ3) is 4.60. The van der Waals surface area contributed by atoms with E-state index in [1.807, 2.05) is 0 Å². The fourth-order valence-corrected chi connectivity index (χ4v) is 3.38. The number of rotatable bonds is 4. The molecular weight excluding hydrogens is 244 g/mol. The van der Waals surface area contributed by atoms with E-state index in [0.717, 1.165) is 19.6 Å². The Morgan fingerprint density at radius 1 is 1.20 bits per heavy atom. The van der Waals surface area contributed by atoms with E-state index in [2.05, 4.69) is 49.9 Å².